The predicted molar refractivity (Wildman–Crippen MR) is 131 cm³/mol. The predicted octanol–water partition coefficient (Wildman–Crippen LogP) is 4.70. The number of alkyl carbamates (subject to hydrolysis) is 1. The number of fused-ring (bicyclic) bond motifs is 3. The zero-order valence-electron chi connectivity index (χ0n) is 20.0. The van der Waals surface area contributed by atoms with E-state index in [-0.39, 0.29) is 24.9 Å². The van der Waals surface area contributed by atoms with Gasteiger partial charge in [0, 0.05) is 18.4 Å². The highest BCUT2D eigenvalue weighted by Crippen LogP contribution is 2.44. The van der Waals surface area contributed by atoms with Gasteiger partial charge < -0.3 is 20.5 Å². The summed E-state index contributed by atoms with van der Waals surface area (Å²) >= 11 is 0. The van der Waals surface area contributed by atoms with Gasteiger partial charge in [-0.05, 0) is 34.6 Å². The van der Waals surface area contributed by atoms with Crippen molar-refractivity contribution in [2.75, 3.05) is 6.61 Å². The van der Waals surface area contributed by atoms with E-state index in [4.69, 9.17) is 4.74 Å². The van der Waals surface area contributed by atoms with Crippen LogP contribution in [0.3, 0.4) is 0 Å². The monoisotopic (exact) mass is 466 g/mol. The minimum Gasteiger partial charge on any atom is -0.480 e. The number of hydrogen-bond donors (Lipinski definition) is 3. The number of ether oxygens (including phenoxy) is 1. The summed E-state index contributed by atoms with van der Waals surface area (Å²) in [7, 11) is 0. The number of amides is 2. The Morgan fingerprint density at radius 3 is 2.09 bits per heavy atom. The molecule has 1 aliphatic rings. The van der Waals surface area contributed by atoms with Crippen molar-refractivity contribution in [3.63, 3.8) is 0 Å². The number of carbonyl (C=O) groups excluding carboxylic acids is 2. The number of carbonyl (C=O) groups is 3. The summed E-state index contributed by atoms with van der Waals surface area (Å²) in [5.74, 6) is -1.76. The minimum atomic E-state index is -1.07. The normalized spacial score (nSPS) is 14.1. The van der Waals surface area contributed by atoms with Gasteiger partial charge in [-0.2, -0.15) is 0 Å². The number of nitrogens with one attached hydrogen (secondary N) is 2. The molecule has 7 heteroatoms. The van der Waals surface area contributed by atoms with Gasteiger partial charge >= 0.3 is 12.1 Å². The molecule has 0 saturated carbocycles. The van der Waals surface area contributed by atoms with Gasteiger partial charge in [0.2, 0.25) is 5.91 Å². The molecule has 0 unspecified atom stereocenters. The van der Waals surface area contributed by atoms with Crippen molar-refractivity contribution in [1.29, 1.82) is 0 Å². The van der Waals surface area contributed by atoms with Crippen LogP contribution < -0.4 is 10.6 Å². The Morgan fingerprint density at radius 1 is 0.971 bits per heavy atom. The van der Waals surface area contributed by atoms with E-state index in [0.717, 1.165) is 35.1 Å². The smallest absolute Gasteiger partial charge is 0.407 e. The van der Waals surface area contributed by atoms with E-state index in [2.05, 4.69) is 34.9 Å². The van der Waals surface area contributed by atoms with Crippen molar-refractivity contribution < 1.29 is 24.2 Å². The Kier molecular flexibility index (Phi) is 8.68. The molecular formula is C27H34N2O5. The summed E-state index contributed by atoms with van der Waals surface area (Å²) in [4.78, 5) is 36.5. The fourth-order valence-electron chi connectivity index (χ4n) is 4.45. The van der Waals surface area contributed by atoms with Crippen molar-refractivity contribution >= 4 is 18.0 Å². The SMILES string of the molecule is CCCC[C@@H](CC(=O)N[C@@H](C(=O)O)C(C)C)NC(=O)OCC1c2ccccc2-c2ccccc21. The molecule has 3 N–H and O–H groups in total. The van der Waals surface area contributed by atoms with Crippen molar-refractivity contribution in [2.45, 2.75) is 64.5 Å². The van der Waals surface area contributed by atoms with Gasteiger partial charge in [-0.3, -0.25) is 4.79 Å². The maximum atomic E-state index is 12.7. The molecule has 0 aliphatic heterocycles. The number of carboxylic acids is 1. The molecule has 0 saturated heterocycles. The number of aliphatic carboxylic acids is 1. The van der Waals surface area contributed by atoms with Crippen molar-refractivity contribution in [3.8, 4) is 11.1 Å². The van der Waals surface area contributed by atoms with E-state index in [0.29, 0.717) is 6.42 Å². The molecule has 2 aromatic carbocycles. The molecule has 0 radical (unpaired) electrons. The van der Waals surface area contributed by atoms with E-state index in [9.17, 15) is 19.5 Å². The molecule has 2 aromatic rings. The van der Waals surface area contributed by atoms with Crippen LogP contribution in [0.2, 0.25) is 0 Å². The number of rotatable bonds is 11. The lowest BCUT2D eigenvalue weighted by Gasteiger charge is -2.22. The molecule has 0 spiro atoms. The second kappa shape index (κ2) is 11.7. The average Bonchev–Trinajstić information content (AvgIpc) is 3.13. The Labute approximate surface area is 200 Å². The first kappa shape index (κ1) is 25.3. The van der Waals surface area contributed by atoms with Crippen molar-refractivity contribution in [2.24, 2.45) is 5.92 Å². The van der Waals surface area contributed by atoms with Gasteiger partial charge in [0.15, 0.2) is 0 Å². The van der Waals surface area contributed by atoms with Crippen LogP contribution in [0, 0.1) is 5.92 Å². The molecular weight excluding hydrogens is 432 g/mol. The zero-order chi connectivity index (χ0) is 24.7. The summed E-state index contributed by atoms with van der Waals surface area (Å²) in [6, 6.07) is 14.9. The van der Waals surface area contributed by atoms with Crippen LogP contribution in [-0.2, 0) is 14.3 Å². The molecule has 0 aromatic heterocycles. The molecule has 0 fully saturated rings. The quantitative estimate of drug-likeness (QED) is 0.445. The van der Waals surface area contributed by atoms with Crippen LogP contribution >= 0.6 is 0 Å². The first-order valence-corrected chi connectivity index (χ1v) is 12.0. The largest absolute Gasteiger partial charge is 0.480 e. The summed E-state index contributed by atoms with van der Waals surface area (Å²) in [5, 5.41) is 14.7. The fourth-order valence-corrected chi connectivity index (χ4v) is 4.45. The number of carboxylic acid groups (broad SMARTS) is 1. The van der Waals surface area contributed by atoms with Gasteiger partial charge in [-0.25, -0.2) is 9.59 Å². The van der Waals surface area contributed by atoms with Gasteiger partial charge in [0.05, 0.1) is 0 Å². The van der Waals surface area contributed by atoms with Crippen LogP contribution in [0.1, 0.15) is 63.5 Å². The van der Waals surface area contributed by atoms with Crippen LogP contribution in [0.15, 0.2) is 48.5 Å². The highest BCUT2D eigenvalue weighted by molar-refractivity contribution is 5.84. The molecule has 2 amide bonds. The van der Waals surface area contributed by atoms with Gasteiger partial charge in [-0.15, -0.1) is 0 Å². The van der Waals surface area contributed by atoms with Gasteiger partial charge in [0.25, 0.3) is 0 Å². The third kappa shape index (κ3) is 6.16. The third-order valence-electron chi connectivity index (χ3n) is 6.25. The highest BCUT2D eigenvalue weighted by Gasteiger charge is 2.30. The second-order valence-corrected chi connectivity index (χ2v) is 9.14. The lowest BCUT2D eigenvalue weighted by Crippen LogP contribution is -2.47. The Morgan fingerprint density at radius 2 is 1.56 bits per heavy atom. The Bertz CT molecular complexity index is 974. The molecule has 2 atom stereocenters. The highest BCUT2D eigenvalue weighted by atomic mass is 16.5. The Hall–Kier alpha value is -3.35. The molecule has 7 nitrogen and oxygen atoms in total. The second-order valence-electron chi connectivity index (χ2n) is 9.14. The van der Waals surface area contributed by atoms with E-state index in [1.54, 1.807) is 13.8 Å². The first-order chi connectivity index (χ1) is 16.3. The molecule has 0 bridgehead atoms. The van der Waals surface area contributed by atoms with Crippen LogP contribution in [0.4, 0.5) is 4.79 Å². The first-order valence-electron chi connectivity index (χ1n) is 12.0. The van der Waals surface area contributed by atoms with Crippen LogP contribution in [0.5, 0.6) is 0 Å². The van der Waals surface area contributed by atoms with E-state index in [1.165, 1.54) is 0 Å². The van der Waals surface area contributed by atoms with Crippen LogP contribution in [-0.4, -0.2) is 41.8 Å². The summed E-state index contributed by atoms with van der Waals surface area (Å²) in [6.07, 6.45) is 1.77. The summed E-state index contributed by atoms with van der Waals surface area (Å²) in [5.41, 5.74) is 4.57. The number of unbranched alkanes of at least 4 members (excludes halogenated alkanes) is 1. The van der Waals surface area contributed by atoms with Crippen LogP contribution in [0.25, 0.3) is 11.1 Å². The number of hydrogen-bond acceptors (Lipinski definition) is 4. The number of benzene rings is 2. The maximum Gasteiger partial charge on any atom is 0.407 e. The molecule has 1 aliphatic carbocycles. The molecule has 34 heavy (non-hydrogen) atoms. The van der Waals surface area contributed by atoms with Gasteiger partial charge in [-0.1, -0.05) is 82.1 Å². The van der Waals surface area contributed by atoms with Gasteiger partial charge in [0.1, 0.15) is 12.6 Å². The molecule has 3 rings (SSSR count). The lowest BCUT2D eigenvalue weighted by atomic mass is 9.98. The molecule has 182 valence electrons. The van der Waals surface area contributed by atoms with E-state index < -0.39 is 30.1 Å². The standard InChI is InChI=1S/C27H34N2O5/c1-4-5-10-18(15-24(30)29-25(17(2)3)26(31)32)28-27(33)34-16-23-21-13-8-6-11-19(21)20-12-7-9-14-22(20)23/h6-9,11-14,17-18,23,25H,4-5,10,15-16H2,1-3H3,(H,28,33)(H,29,30)(H,31,32)/t18-,25+/m0/s1. The minimum absolute atomic E-state index is 0.000690. The summed E-state index contributed by atoms with van der Waals surface area (Å²) < 4.78 is 5.61. The van der Waals surface area contributed by atoms with Crippen molar-refractivity contribution in [1.82, 2.24) is 10.6 Å². The molecule has 0 heterocycles. The third-order valence-corrected chi connectivity index (χ3v) is 6.25. The topological polar surface area (TPSA) is 105 Å². The van der Waals surface area contributed by atoms with E-state index >= 15 is 0 Å². The van der Waals surface area contributed by atoms with Crippen molar-refractivity contribution in [3.05, 3.63) is 59.7 Å². The fraction of sp³-hybridized carbons (Fsp3) is 0.444. The lowest BCUT2D eigenvalue weighted by molar-refractivity contribution is -0.143. The average molecular weight is 467 g/mol. The van der Waals surface area contributed by atoms with E-state index in [1.807, 2.05) is 31.2 Å². The Balaban J connectivity index is 1.61. The zero-order valence-corrected chi connectivity index (χ0v) is 20.0. The maximum absolute atomic E-state index is 12.7. The summed E-state index contributed by atoms with van der Waals surface area (Å²) in [6.45, 7) is 5.70.